The van der Waals surface area contributed by atoms with Crippen LogP contribution in [0.15, 0.2) is 29.2 Å². The first-order chi connectivity index (χ1) is 9.70. The fraction of sp³-hybridized carbons (Fsp3) is 0.231. The summed E-state index contributed by atoms with van der Waals surface area (Å²) in [5, 5.41) is 0.283. The second-order valence-electron chi connectivity index (χ2n) is 4.60. The van der Waals surface area contributed by atoms with E-state index in [0.717, 1.165) is 4.88 Å². The summed E-state index contributed by atoms with van der Waals surface area (Å²) in [6, 6.07) is 6.04. The van der Waals surface area contributed by atoms with Crippen molar-refractivity contribution in [3.63, 3.8) is 0 Å². The molecule has 0 aliphatic carbocycles. The van der Waals surface area contributed by atoms with Crippen LogP contribution >= 0.6 is 34.5 Å². The Hall–Kier alpha value is -0.790. The number of thiophene rings is 1. The maximum Gasteiger partial charge on any atom is 0.241 e. The van der Waals surface area contributed by atoms with Gasteiger partial charge in [-0.2, -0.15) is 0 Å². The van der Waals surface area contributed by atoms with E-state index >= 15 is 0 Å². The van der Waals surface area contributed by atoms with Crippen molar-refractivity contribution in [2.75, 3.05) is 5.73 Å². The van der Waals surface area contributed by atoms with Crippen LogP contribution in [0.1, 0.15) is 23.4 Å². The molecule has 1 aromatic heterocycles. The Labute approximate surface area is 137 Å². The van der Waals surface area contributed by atoms with Gasteiger partial charge in [0.25, 0.3) is 0 Å². The molecule has 4 nitrogen and oxygen atoms in total. The van der Waals surface area contributed by atoms with Crippen molar-refractivity contribution in [1.82, 2.24) is 4.72 Å². The van der Waals surface area contributed by atoms with Gasteiger partial charge in [0.2, 0.25) is 10.0 Å². The SMILES string of the molecule is Cc1c(N)cc(Cl)cc1S(=O)(=O)NC(C)c1ccc(Cl)s1. The van der Waals surface area contributed by atoms with Gasteiger partial charge in [0.1, 0.15) is 0 Å². The zero-order valence-electron chi connectivity index (χ0n) is 11.4. The van der Waals surface area contributed by atoms with Crippen molar-refractivity contribution in [2.45, 2.75) is 24.8 Å². The van der Waals surface area contributed by atoms with Crippen LogP contribution in [-0.4, -0.2) is 8.42 Å². The highest BCUT2D eigenvalue weighted by Crippen LogP contribution is 2.30. The van der Waals surface area contributed by atoms with Crippen molar-refractivity contribution >= 4 is 50.2 Å². The van der Waals surface area contributed by atoms with Crippen molar-refractivity contribution in [1.29, 1.82) is 0 Å². The average molecular weight is 365 g/mol. The Balaban J connectivity index is 2.35. The van der Waals surface area contributed by atoms with Crippen LogP contribution in [0.3, 0.4) is 0 Å². The minimum Gasteiger partial charge on any atom is -0.398 e. The monoisotopic (exact) mass is 364 g/mol. The van der Waals surface area contributed by atoms with Gasteiger partial charge in [0, 0.05) is 15.6 Å². The molecule has 8 heteroatoms. The van der Waals surface area contributed by atoms with E-state index in [1.165, 1.54) is 23.5 Å². The van der Waals surface area contributed by atoms with Gasteiger partial charge in [0.05, 0.1) is 15.3 Å². The smallest absolute Gasteiger partial charge is 0.241 e. The van der Waals surface area contributed by atoms with Crippen molar-refractivity contribution < 1.29 is 8.42 Å². The molecule has 0 fully saturated rings. The molecule has 0 saturated heterocycles. The number of nitrogen functional groups attached to an aromatic ring is 1. The molecule has 0 amide bonds. The van der Waals surface area contributed by atoms with E-state index < -0.39 is 16.1 Å². The van der Waals surface area contributed by atoms with Crippen molar-refractivity contribution in [3.8, 4) is 0 Å². The number of hydrogen-bond acceptors (Lipinski definition) is 4. The molecule has 0 saturated carbocycles. The predicted molar refractivity (Wildman–Crippen MR) is 88.7 cm³/mol. The molecule has 1 aromatic carbocycles. The standard InChI is InChI=1S/C13H14Cl2N2O2S2/c1-7-10(16)5-9(14)6-12(7)21(18,19)17-8(2)11-3-4-13(15)20-11/h3-6,8,17H,16H2,1-2H3. The minimum absolute atomic E-state index is 0.0852. The molecule has 0 aliphatic rings. The number of nitrogens with one attached hydrogen (secondary N) is 1. The lowest BCUT2D eigenvalue weighted by molar-refractivity contribution is 0.568. The lowest BCUT2D eigenvalue weighted by Gasteiger charge is -2.15. The van der Waals surface area contributed by atoms with Crippen LogP contribution in [0.4, 0.5) is 5.69 Å². The van der Waals surface area contributed by atoms with Crippen LogP contribution in [0.5, 0.6) is 0 Å². The van der Waals surface area contributed by atoms with E-state index in [1.54, 1.807) is 26.0 Å². The zero-order valence-corrected chi connectivity index (χ0v) is 14.5. The third-order valence-corrected chi connectivity index (χ3v) is 6.31. The summed E-state index contributed by atoms with van der Waals surface area (Å²) in [7, 11) is -3.72. The van der Waals surface area contributed by atoms with E-state index in [9.17, 15) is 8.42 Å². The number of rotatable bonds is 4. The normalized spacial score (nSPS) is 13.3. The summed E-state index contributed by atoms with van der Waals surface area (Å²) in [5.74, 6) is 0. The van der Waals surface area contributed by atoms with Gasteiger partial charge in [-0.3, -0.25) is 0 Å². The highest BCUT2D eigenvalue weighted by atomic mass is 35.5. The molecule has 21 heavy (non-hydrogen) atoms. The molecule has 114 valence electrons. The number of benzene rings is 1. The van der Waals surface area contributed by atoms with Gasteiger partial charge in [-0.25, -0.2) is 13.1 Å². The van der Waals surface area contributed by atoms with Crippen LogP contribution in [-0.2, 0) is 10.0 Å². The third-order valence-electron chi connectivity index (χ3n) is 3.01. The van der Waals surface area contributed by atoms with E-state index in [-0.39, 0.29) is 9.92 Å². The second kappa shape index (κ2) is 6.14. The largest absolute Gasteiger partial charge is 0.398 e. The van der Waals surface area contributed by atoms with Gasteiger partial charge in [-0.1, -0.05) is 23.2 Å². The highest BCUT2D eigenvalue weighted by Gasteiger charge is 2.22. The summed E-state index contributed by atoms with van der Waals surface area (Å²) in [5.41, 5.74) is 6.59. The lowest BCUT2D eigenvalue weighted by Crippen LogP contribution is -2.27. The molecule has 0 bridgehead atoms. The van der Waals surface area contributed by atoms with Gasteiger partial charge in [0.15, 0.2) is 0 Å². The molecular formula is C13H14Cl2N2O2S2. The lowest BCUT2D eigenvalue weighted by atomic mass is 10.2. The summed E-state index contributed by atoms with van der Waals surface area (Å²) in [4.78, 5) is 0.915. The Morgan fingerprint density at radius 3 is 2.52 bits per heavy atom. The van der Waals surface area contributed by atoms with E-state index in [0.29, 0.717) is 15.6 Å². The third kappa shape index (κ3) is 3.70. The maximum atomic E-state index is 12.5. The molecule has 0 spiro atoms. The van der Waals surface area contributed by atoms with Crippen LogP contribution in [0.25, 0.3) is 0 Å². The molecular weight excluding hydrogens is 351 g/mol. The number of anilines is 1. The molecule has 0 aliphatic heterocycles. The summed E-state index contributed by atoms with van der Waals surface area (Å²) < 4.78 is 28.2. The number of hydrogen-bond donors (Lipinski definition) is 2. The van der Waals surface area contributed by atoms with Crippen molar-refractivity contribution in [2.24, 2.45) is 0 Å². The fourth-order valence-electron chi connectivity index (χ4n) is 1.87. The number of nitrogens with two attached hydrogens (primary N) is 1. The van der Waals surface area contributed by atoms with Crippen molar-refractivity contribution in [3.05, 3.63) is 44.1 Å². The quantitative estimate of drug-likeness (QED) is 0.805. The van der Waals surface area contributed by atoms with Gasteiger partial charge in [-0.15, -0.1) is 11.3 Å². The highest BCUT2D eigenvalue weighted by molar-refractivity contribution is 7.89. The van der Waals surface area contributed by atoms with E-state index in [4.69, 9.17) is 28.9 Å². The first-order valence-corrected chi connectivity index (χ1v) is 9.09. The topological polar surface area (TPSA) is 72.2 Å². The van der Waals surface area contributed by atoms with E-state index in [2.05, 4.69) is 4.72 Å². The molecule has 0 radical (unpaired) electrons. The Bertz CT molecular complexity index is 772. The average Bonchev–Trinajstić information content (AvgIpc) is 2.80. The summed E-state index contributed by atoms with van der Waals surface area (Å²) in [6.07, 6.45) is 0. The Morgan fingerprint density at radius 1 is 1.29 bits per heavy atom. The molecule has 1 atom stereocenters. The number of halogens is 2. The molecule has 2 aromatic rings. The van der Waals surface area contributed by atoms with Gasteiger partial charge in [-0.05, 0) is 43.7 Å². The van der Waals surface area contributed by atoms with Crippen LogP contribution < -0.4 is 10.5 Å². The maximum absolute atomic E-state index is 12.5. The second-order valence-corrected chi connectivity index (χ2v) is 8.47. The Kier molecular flexibility index (Phi) is 4.85. The van der Waals surface area contributed by atoms with Gasteiger partial charge >= 0.3 is 0 Å². The van der Waals surface area contributed by atoms with Crippen LogP contribution in [0, 0.1) is 6.92 Å². The number of sulfonamides is 1. The molecule has 1 unspecified atom stereocenters. The Morgan fingerprint density at radius 2 is 1.95 bits per heavy atom. The molecule has 2 rings (SSSR count). The van der Waals surface area contributed by atoms with Crippen LogP contribution in [0.2, 0.25) is 9.36 Å². The zero-order chi connectivity index (χ0) is 15.8. The fourth-order valence-corrected chi connectivity index (χ4v) is 4.82. The van der Waals surface area contributed by atoms with E-state index in [1.807, 2.05) is 0 Å². The molecule has 1 heterocycles. The summed E-state index contributed by atoms with van der Waals surface area (Å²) >= 11 is 13.1. The minimum atomic E-state index is -3.72. The summed E-state index contributed by atoms with van der Waals surface area (Å²) in [6.45, 7) is 3.40. The first-order valence-electron chi connectivity index (χ1n) is 6.04. The molecule has 3 N–H and O–H groups in total. The first kappa shape index (κ1) is 16.6. The predicted octanol–water partition coefficient (Wildman–Crippen LogP) is 3.99. The van der Waals surface area contributed by atoms with Gasteiger partial charge < -0.3 is 5.73 Å².